The molecule has 180 valence electrons. The van der Waals surface area contributed by atoms with E-state index in [1.807, 2.05) is 42.5 Å². The van der Waals surface area contributed by atoms with Crippen molar-refractivity contribution in [3.8, 4) is 0 Å². The molecular weight excluding hydrogens is 490 g/mol. The van der Waals surface area contributed by atoms with E-state index in [2.05, 4.69) is 23.7 Å². The zero-order chi connectivity index (χ0) is 23.6. The second-order valence-corrected chi connectivity index (χ2v) is 11.0. The highest BCUT2D eigenvalue weighted by atomic mass is 35.5. The Kier molecular flexibility index (Phi) is 8.30. The lowest BCUT2D eigenvalue weighted by atomic mass is 10.1. The average molecular weight is 518 g/mol. The first-order valence-corrected chi connectivity index (χ1v) is 13.6. The SMILES string of the molecule is CCN(CC)CCN(C(=O)c1ccc2ccccc2c1)c1nc2ccc(S(C)(=O)=O)cc2s1.Cl. The molecule has 1 aromatic heterocycles. The molecule has 0 bridgehead atoms. The molecule has 6 nitrogen and oxygen atoms in total. The van der Waals surface area contributed by atoms with Gasteiger partial charge >= 0.3 is 0 Å². The number of likely N-dealkylation sites (N-methyl/N-ethyl adjacent to an activating group) is 1. The quantitative estimate of drug-likeness (QED) is 0.318. The molecule has 9 heteroatoms. The fourth-order valence-corrected chi connectivity index (χ4v) is 5.53. The fraction of sp³-hybridized carbons (Fsp3) is 0.280. The highest BCUT2D eigenvalue weighted by molar-refractivity contribution is 7.90. The van der Waals surface area contributed by atoms with Crippen LogP contribution in [0.1, 0.15) is 24.2 Å². The Morgan fingerprint density at radius 1 is 0.941 bits per heavy atom. The van der Waals surface area contributed by atoms with Gasteiger partial charge in [-0.2, -0.15) is 0 Å². The maximum absolute atomic E-state index is 13.7. The molecule has 34 heavy (non-hydrogen) atoms. The van der Waals surface area contributed by atoms with Crippen LogP contribution in [-0.4, -0.2) is 56.6 Å². The maximum atomic E-state index is 13.7. The number of amides is 1. The molecule has 0 N–H and O–H groups in total. The summed E-state index contributed by atoms with van der Waals surface area (Å²) < 4.78 is 24.7. The second kappa shape index (κ2) is 10.8. The van der Waals surface area contributed by atoms with Crippen molar-refractivity contribution < 1.29 is 13.2 Å². The topological polar surface area (TPSA) is 70.6 Å². The van der Waals surface area contributed by atoms with Crippen LogP contribution < -0.4 is 4.90 Å². The summed E-state index contributed by atoms with van der Waals surface area (Å²) in [6.07, 6.45) is 1.19. The predicted octanol–water partition coefficient (Wildman–Crippen LogP) is 5.26. The Hall–Kier alpha value is -2.52. The number of carbonyl (C=O) groups excluding carboxylic acids is 1. The zero-order valence-electron chi connectivity index (χ0n) is 19.4. The summed E-state index contributed by atoms with van der Waals surface area (Å²) in [5, 5.41) is 2.66. The lowest BCUT2D eigenvalue weighted by molar-refractivity contribution is 0.0984. The van der Waals surface area contributed by atoms with E-state index in [0.29, 0.717) is 22.8 Å². The largest absolute Gasteiger partial charge is 0.302 e. The van der Waals surface area contributed by atoms with Gasteiger partial charge in [-0.25, -0.2) is 13.4 Å². The van der Waals surface area contributed by atoms with Gasteiger partial charge in [0.05, 0.1) is 15.1 Å². The highest BCUT2D eigenvalue weighted by Crippen LogP contribution is 2.32. The van der Waals surface area contributed by atoms with Crippen molar-refractivity contribution in [1.29, 1.82) is 0 Å². The molecule has 0 saturated heterocycles. The smallest absolute Gasteiger partial charge is 0.260 e. The standard InChI is InChI=1S/C25H27N3O3S2.ClH/c1-4-27(5-2)14-15-28(24(29)20-11-10-18-8-6-7-9-19(18)16-20)25-26-22-13-12-21(33(3,30)31)17-23(22)32-25;/h6-13,16-17H,4-5,14-15H2,1-3H3;1H. The van der Waals surface area contributed by atoms with Crippen molar-refractivity contribution in [2.24, 2.45) is 0 Å². The van der Waals surface area contributed by atoms with Gasteiger partial charge in [0.2, 0.25) is 0 Å². The first-order valence-electron chi connectivity index (χ1n) is 10.9. The number of carbonyl (C=O) groups is 1. The van der Waals surface area contributed by atoms with Gasteiger partial charge in [0.25, 0.3) is 5.91 Å². The molecule has 1 amide bonds. The average Bonchev–Trinajstić information content (AvgIpc) is 3.23. The summed E-state index contributed by atoms with van der Waals surface area (Å²) in [6, 6.07) is 18.6. The lowest BCUT2D eigenvalue weighted by Crippen LogP contribution is -2.38. The van der Waals surface area contributed by atoms with E-state index in [-0.39, 0.29) is 23.2 Å². The van der Waals surface area contributed by atoms with Gasteiger partial charge in [0, 0.05) is 24.9 Å². The summed E-state index contributed by atoms with van der Waals surface area (Å²) in [5.74, 6) is -0.115. The number of fused-ring (bicyclic) bond motifs is 2. The molecule has 0 spiro atoms. The Morgan fingerprint density at radius 3 is 2.32 bits per heavy atom. The number of thiazole rings is 1. The number of hydrogen-bond acceptors (Lipinski definition) is 6. The van der Waals surface area contributed by atoms with Crippen LogP contribution in [0.2, 0.25) is 0 Å². The molecule has 0 aliphatic rings. The summed E-state index contributed by atoms with van der Waals surface area (Å²) >= 11 is 1.34. The molecule has 3 aromatic carbocycles. The number of rotatable bonds is 8. The van der Waals surface area contributed by atoms with E-state index in [9.17, 15) is 13.2 Å². The molecular formula is C25H28ClN3O3S2. The van der Waals surface area contributed by atoms with Crippen molar-refractivity contribution in [3.63, 3.8) is 0 Å². The Morgan fingerprint density at radius 2 is 1.65 bits per heavy atom. The molecule has 4 rings (SSSR count). The van der Waals surface area contributed by atoms with E-state index in [1.165, 1.54) is 17.6 Å². The number of sulfone groups is 1. The highest BCUT2D eigenvalue weighted by Gasteiger charge is 2.23. The molecule has 0 saturated carbocycles. The van der Waals surface area contributed by atoms with Crippen molar-refractivity contribution in [3.05, 3.63) is 66.2 Å². The Balaban J connectivity index is 0.00000324. The molecule has 0 fully saturated rings. The minimum Gasteiger partial charge on any atom is -0.302 e. The molecule has 0 unspecified atom stereocenters. The number of anilines is 1. The van der Waals surface area contributed by atoms with E-state index in [4.69, 9.17) is 0 Å². The van der Waals surface area contributed by atoms with Crippen LogP contribution in [0, 0.1) is 0 Å². The van der Waals surface area contributed by atoms with Gasteiger partial charge in [0.1, 0.15) is 0 Å². The number of halogens is 1. The van der Waals surface area contributed by atoms with Crippen LogP contribution in [0.15, 0.2) is 65.6 Å². The van der Waals surface area contributed by atoms with E-state index >= 15 is 0 Å². The van der Waals surface area contributed by atoms with Crippen molar-refractivity contribution in [2.45, 2.75) is 18.7 Å². The summed E-state index contributed by atoms with van der Waals surface area (Å²) in [7, 11) is -3.32. The van der Waals surface area contributed by atoms with Crippen LogP contribution in [0.3, 0.4) is 0 Å². The third kappa shape index (κ3) is 5.58. The molecule has 0 aliphatic carbocycles. The van der Waals surface area contributed by atoms with Crippen LogP contribution in [-0.2, 0) is 9.84 Å². The second-order valence-electron chi connectivity index (χ2n) is 7.94. The van der Waals surface area contributed by atoms with E-state index in [0.717, 1.165) is 35.1 Å². The third-order valence-corrected chi connectivity index (χ3v) is 7.93. The van der Waals surface area contributed by atoms with Crippen molar-refractivity contribution in [1.82, 2.24) is 9.88 Å². The minimum absolute atomic E-state index is 0. The number of hydrogen-bond donors (Lipinski definition) is 0. The summed E-state index contributed by atoms with van der Waals surface area (Å²) in [4.78, 5) is 22.6. The van der Waals surface area contributed by atoms with E-state index < -0.39 is 9.84 Å². The van der Waals surface area contributed by atoms with Gasteiger partial charge in [-0.3, -0.25) is 9.69 Å². The first-order chi connectivity index (χ1) is 15.8. The molecule has 0 aliphatic heterocycles. The predicted molar refractivity (Wildman–Crippen MR) is 143 cm³/mol. The summed E-state index contributed by atoms with van der Waals surface area (Å²) in [6.45, 7) is 7.20. The van der Waals surface area contributed by atoms with Crippen LogP contribution in [0.4, 0.5) is 5.13 Å². The zero-order valence-corrected chi connectivity index (χ0v) is 21.8. The van der Waals surface area contributed by atoms with Gasteiger partial charge in [0.15, 0.2) is 15.0 Å². The number of nitrogens with zero attached hydrogens (tertiary/aromatic N) is 3. The van der Waals surface area contributed by atoms with Gasteiger partial charge in [-0.1, -0.05) is 55.5 Å². The van der Waals surface area contributed by atoms with Crippen LogP contribution >= 0.6 is 23.7 Å². The maximum Gasteiger partial charge on any atom is 0.260 e. The van der Waals surface area contributed by atoms with Crippen molar-refractivity contribution in [2.75, 3.05) is 37.3 Å². The lowest BCUT2D eigenvalue weighted by Gasteiger charge is -2.24. The van der Waals surface area contributed by atoms with Gasteiger partial charge in [-0.15, -0.1) is 12.4 Å². The molecule has 1 heterocycles. The Labute approximate surface area is 210 Å². The van der Waals surface area contributed by atoms with Crippen LogP contribution in [0.25, 0.3) is 21.0 Å². The number of aromatic nitrogens is 1. The molecule has 0 radical (unpaired) electrons. The Bertz CT molecular complexity index is 1420. The fourth-order valence-electron chi connectivity index (χ4n) is 3.78. The van der Waals surface area contributed by atoms with Gasteiger partial charge in [-0.05, 0) is 54.2 Å². The normalized spacial score (nSPS) is 11.6. The summed E-state index contributed by atoms with van der Waals surface area (Å²) in [5.41, 5.74) is 1.28. The van der Waals surface area contributed by atoms with Crippen molar-refractivity contribution >= 4 is 65.6 Å². The molecule has 4 aromatic rings. The first kappa shape index (κ1) is 26.1. The molecule has 0 atom stereocenters. The number of benzene rings is 3. The van der Waals surface area contributed by atoms with E-state index in [1.54, 1.807) is 23.1 Å². The monoisotopic (exact) mass is 517 g/mol. The third-order valence-electron chi connectivity index (χ3n) is 5.78. The van der Waals surface area contributed by atoms with Gasteiger partial charge < -0.3 is 4.90 Å². The van der Waals surface area contributed by atoms with Crippen LogP contribution in [0.5, 0.6) is 0 Å². The minimum atomic E-state index is -3.32.